The normalized spacial score (nSPS) is 26.4. The van der Waals surface area contributed by atoms with E-state index in [9.17, 15) is 18.3 Å². The van der Waals surface area contributed by atoms with Gasteiger partial charge in [-0.2, -0.15) is 0 Å². The summed E-state index contributed by atoms with van der Waals surface area (Å²) in [5.41, 5.74) is 2.08. The second-order valence-electron chi connectivity index (χ2n) is 8.38. The number of nitrogens with one attached hydrogen (secondary N) is 1. The fourth-order valence-corrected chi connectivity index (χ4v) is 6.57. The Bertz CT molecular complexity index is 812. The molecule has 7 heteroatoms. The predicted octanol–water partition coefficient (Wildman–Crippen LogP) is 2.77. The molecule has 0 bridgehead atoms. The Labute approximate surface area is 160 Å². The van der Waals surface area contributed by atoms with Crippen molar-refractivity contribution in [1.82, 2.24) is 10.2 Å². The van der Waals surface area contributed by atoms with Gasteiger partial charge in [0.15, 0.2) is 0 Å². The molecular formula is C20H28N2O4S. The van der Waals surface area contributed by atoms with Gasteiger partial charge in [0.2, 0.25) is 0 Å². The van der Waals surface area contributed by atoms with Crippen LogP contribution in [0.1, 0.15) is 55.7 Å². The van der Waals surface area contributed by atoms with Crippen LogP contribution in [0.25, 0.3) is 0 Å². The number of piperidine rings is 1. The summed E-state index contributed by atoms with van der Waals surface area (Å²) in [6.45, 7) is 1.37. The summed E-state index contributed by atoms with van der Waals surface area (Å²) in [6, 6.07) is 5.43. The molecule has 148 valence electrons. The largest absolute Gasteiger partial charge is 0.508 e. The van der Waals surface area contributed by atoms with E-state index in [2.05, 4.69) is 5.32 Å². The molecule has 2 amide bonds. The Hall–Kier alpha value is -1.76. The van der Waals surface area contributed by atoms with Crippen LogP contribution in [0.15, 0.2) is 18.2 Å². The molecule has 2 fully saturated rings. The number of rotatable bonds is 1. The molecule has 1 aromatic rings. The van der Waals surface area contributed by atoms with Crippen LogP contribution >= 0.6 is 0 Å². The van der Waals surface area contributed by atoms with E-state index in [4.69, 9.17) is 0 Å². The lowest BCUT2D eigenvalue weighted by Gasteiger charge is -2.44. The number of likely N-dealkylation sites (tertiary alicyclic amines) is 1. The summed E-state index contributed by atoms with van der Waals surface area (Å²) in [7, 11) is -2.85. The Morgan fingerprint density at radius 2 is 1.85 bits per heavy atom. The molecule has 1 unspecified atom stereocenters. The minimum absolute atomic E-state index is 0.0468. The minimum Gasteiger partial charge on any atom is -0.508 e. The lowest BCUT2D eigenvalue weighted by Crippen LogP contribution is -2.50. The van der Waals surface area contributed by atoms with Gasteiger partial charge in [-0.1, -0.05) is 12.1 Å². The number of phenolic OH excluding ortho intramolecular Hbond substituents is 1. The van der Waals surface area contributed by atoms with Crippen molar-refractivity contribution in [2.75, 3.05) is 24.6 Å². The zero-order chi connectivity index (χ0) is 19.1. The van der Waals surface area contributed by atoms with Gasteiger partial charge in [-0.05, 0) is 67.6 Å². The van der Waals surface area contributed by atoms with E-state index in [1.807, 2.05) is 17.0 Å². The first-order chi connectivity index (χ1) is 12.9. The molecule has 1 aromatic carbocycles. The van der Waals surface area contributed by atoms with Gasteiger partial charge >= 0.3 is 6.03 Å². The van der Waals surface area contributed by atoms with Crippen molar-refractivity contribution >= 4 is 15.9 Å². The summed E-state index contributed by atoms with van der Waals surface area (Å²) in [4.78, 5) is 14.7. The Morgan fingerprint density at radius 3 is 2.56 bits per heavy atom. The molecule has 1 spiro atoms. The Kier molecular flexibility index (Phi) is 4.82. The highest BCUT2D eigenvalue weighted by Crippen LogP contribution is 2.42. The highest BCUT2D eigenvalue weighted by Gasteiger charge is 2.40. The van der Waals surface area contributed by atoms with Crippen LogP contribution in [0.5, 0.6) is 5.75 Å². The van der Waals surface area contributed by atoms with E-state index in [1.165, 1.54) is 0 Å². The minimum atomic E-state index is -2.85. The van der Waals surface area contributed by atoms with Gasteiger partial charge in [-0.25, -0.2) is 13.2 Å². The summed E-state index contributed by atoms with van der Waals surface area (Å²) in [5, 5.41) is 13.2. The highest BCUT2D eigenvalue weighted by atomic mass is 32.2. The monoisotopic (exact) mass is 392 g/mol. The van der Waals surface area contributed by atoms with Crippen molar-refractivity contribution in [1.29, 1.82) is 0 Å². The van der Waals surface area contributed by atoms with Crippen LogP contribution in [0.2, 0.25) is 0 Å². The number of nitrogens with zero attached hydrogens (tertiary/aromatic N) is 1. The summed E-state index contributed by atoms with van der Waals surface area (Å²) in [5.74, 6) is 0.905. The van der Waals surface area contributed by atoms with Crippen molar-refractivity contribution in [2.24, 2.45) is 5.41 Å². The second-order valence-corrected chi connectivity index (χ2v) is 10.7. The van der Waals surface area contributed by atoms with Crippen LogP contribution in [0.4, 0.5) is 4.79 Å². The highest BCUT2D eigenvalue weighted by molar-refractivity contribution is 7.91. The van der Waals surface area contributed by atoms with E-state index in [0.717, 1.165) is 56.1 Å². The number of phenols is 1. The maximum absolute atomic E-state index is 12.8. The summed E-state index contributed by atoms with van der Waals surface area (Å²) < 4.78 is 23.4. The van der Waals surface area contributed by atoms with Crippen LogP contribution < -0.4 is 5.32 Å². The third-order valence-corrected chi connectivity index (χ3v) is 8.43. The van der Waals surface area contributed by atoms with Gasteiger partial charge in [-0.3, -0.25) is 0 Å². The second kappa shape index (κ2) is 7.00. The van der Waals surface area contributed by atoms with E-state index >= 15 is 0 Å². The first-order valence-corrected chi connectivity index (χ1v) is 11.8. The van der Waals surface area contributed by atoms with Crippen LogP contribution in [-0.2, 0) is 16.3 Å². The van der Waals surface area contributed by atoms with Gasteiger partial charge in [0.25, 0.3) is 0 Å². The number of fused-ring (bicyclic) bond motifs is 1. The molecule has 1 aliphatic carbocycles. The number of benzene rings is 1. The van der Waals surface area contributed by atoms with Gasteiger partial charge in [-0.15, -0.1) is 0 Å². The molecule has 2 saturated heterocycles. The van der Waals surface area contributed by atoms with Gasteiger partial charge in [0.05, 0.1) is 17.5 Å². The summed E-state index contributed by atoms with van der Waals surface area (Å²) >= 11 is 0. The fraction of sp³-hybridized carbons (Fsp3) is 0.650. The number of aromatic hydroxyl groups is 1. The average molecular weight is 393 g/mol. The molecule has 0 aromatic heterocycles. The van der Waals surface area contributed by atoms with E-state index in [1.54, 1.807) is 6.07 Å². The molecule has 3 aliphatic rings. The zero-order valence-electron chi connectivity index (χ0n) is 15.6. The molecule has 2 aliphatic heterocycles. The average Bonchev–Trinajstić information content (AvgIpc) is 2.66. The predicted molar refractivity (Wildman–Crippen MR) is 103 cm³/mol. The lowest BCUT2D eigenvalue weighted by atomic mass is 9.74. The van der Waals surface area contributed by atoms with E-state index in [0.29, 0.717) is 30.3 Å². The van der Waals surface area contributed by atoms with E-state index in [-0.39, 0.29) is 17.5 Å². The number of amides is 2. The van der Waals surface area contributed by atoms with Crippen molar-refractivity contribution in [2.45, 2.75) is 51.0 Å². The van der Waals surface area contributed by atoms with Crippen molar-refractivity contribution in [3.05, 3.63) is 29.3 Å². The maximum atomic E-state index is 12.8. The molecule has 2 N–H and O–H groups in total. The van der Waals surface area contributed by atoms with Gasteiger partial charge in [0, 0.05) is 13.1 Å². The number of hydrogen-bond acceptors (Lipinski definition) is 4. The molecule has 0 radical (unpaired) electrons. The van der Waals surface area contributed by atoms with Crippen LogP contribution in [-0.4, -0.2) is 49.1 Å². The number of carbonyl (C=O) groups is 1. The Balaban J connectivity index is 1.37. The van der Waals surface area contributed by atoms with E-state index < -0.39 is 9.84 Å². The first kappa shape index (κ1) is 18.6. The zero-order valence-corrected chi connectivity index (χ0v) is 16.4. The number of sulfone groups is 1. The quantitative estimate of drug-likeness (QED) is 0.769. The third-order valence-electron chi connectivity index (χ3n) is 6.78. The first-order valence-electron chi connectivity index (χ1n) is 9.94. The number of urea groups is 1. The van der Waals surface area contributed by atoms with Crippen LogP contribution in [0.3, 0.4) is 0 Å². The van der Waals surface area contributed by atoms with Gasteiger partial charge in [0.1, 0.15) is 15.6 Å². The van der Waals surface area contributed by atoms with Crippen molar-refractivity contribution in [3.8, 4) is 5.75 Å². The third kappa shape index (κ3) is 3.79. The number of carbonyl (C=O) groups excluding carboxylic acids is 1. The van der Waals surface area contributed by atoms with Crippen molar-refractivity contribution < 1.29 is 18.3 Å². The SMILES string of the molecule is O=C(NC1CCCc2c(O)cccc21)N1CCC2(CC1)CCS(=O)(=O)CC2. The molecule has 0 saturated carbocycles. The number of hydrogen-bond donors (Lipinski definition) is 2. The van der Waals surface area contributed by atoms with Crippen LogP contribution in [0, 0.1) is 5.41 Å². The van der Waals surface area contributed by atoms with Gasteiger partial charge < -0.3 is 15.3 Å². The maximum Gasteiger partial charge on any atom is 0.317 e. The Morgan fingerprint density at radius 1 is 1.15 bits per heavy atom. The smallest absolute Gasteiger partial charge is 0.317 e. The molecule has 1 atom stereocenters. The summed E-state index contributed by atoms with van der Waals surface area (Å²) in [6.07, 6.45) is 5.94. The topological polar surface area (TPSA) is 86.7 Å². The fourth-order valence-electron chi connectivity index (χ4n) is 4.87. The molecule has 2 heterocycles. The molecule has 6 nitrogen and oxygen atoms in total. The standard InChI is InChI=1S/C20H28N2O4S/c23-18-6-2-3-15-16(18)4-1-5-17(15)21-19(24)22-11-7-20(8-12-22)9-13-27(25,26)14-10-20/h2-3,6,17,23H,1,4-5,7-14H2,(H,21,24). The molecular weight excluding hydrogens is 364 g/mol. The lowest BCUT2D eigenvalue weighted by molar-refractivity contribution is 0.105. The molecule has 27 heavy (non-hydrogen) atoms. The van der Waals surface area contributed by atoms with Crippen molar-refractivity contribution in [3.63, 3.8) is 0 Å². The molecule has 4 rings (SSSR count).